The summed E-state index contributed by atoms with van der Waals surface area (Å²) in [5.74, 6) is -1.45. The van der Waals surface area contributed by atoms with E-state index < -0.39 is 18.2 Å². The maximum absolute atomic E-state index is 13.9. The van der Waals surface area contributed by atoms with Gasteiger partial charge in [-0.2, -0.15) is 0 Å². The number of carbonyl (C=O) groups excluding carboxylic acids is 1. The molecule has 0 aromatic heterocycles. The monoisotopic (exact) mass is 354 g/mol. The van der Waals surface area contributed by atoms with Gasteiger partial charge < -0.3 is 10.2 Å². The normalized spacial score (nSPS) is 25.2. The smallest absolute Gasteiger partial charge is 0.303 e. The van der Waals surface area contributed by atoms with Crippen LogP contribution in [0.5, 0.6) is 0 Å². The maximum Gasteiger partial charge on any atom is 0.303 e. The molecule has 0 saturated heterocycles. The van der Waals surface area contributed by atoms with E-state index in [1.165, 1.54) is 6.08 Å². The second-order valence-corrected chi connectivity index (χ2v) is 6.81. The van der Waals surface area contributed by atoms with Gasteiger partial charge in [-0.3, -0.25) is 9.59 Å². The summed E-state index contributed by atoms with van der Waals surface area (Å²) in [7, 11) is 0. The van der Waals surface area contributed by atoms with E-state index in [0.29, 0.717) is 25.7 Å². The van der Waals surface area contributed by atoms with Crippen LogP contribution in [0.25, 0.3) is 0 Å². The van der Waals surface area contributed by atoms with Gasteiger partial charge >= 0.3 is 5.97 Å². The quantitative estimate of drug-likeness (QED) is 0.406. The highest BCUT2D eigenvalue weighted by Gasteiger charge is 2.39. The fourth-order valence-corrected chi connectivity index (χ4v) is 3.19. The number of hydrogen-bond donors (Lipinski definition) is 2. The van der Waals surface area contributed by atoms with Crippen LogP contribution in [0.4, 0.5) is 4.39 Å². The zero-order chi connectivity index (χ0) is 18.7. The van der Waals surface area contributed by atoms with Crippen LogP contribution in [0.1, 0.15) is 64.7 Å². The number of unbranched alkanes of at least 4 members (excludes halogenated alkanes) is 3. The molecule has 1 rings (SSSR count). The summed E-state index contributed by atoms with van der Waals surface area (Å²) < 4.78 is 13.9. The topological polar surface area (TPSA) is 74.6 Å². The molecule has 5 heteroatoms. The lowest BCUT2D eigenvalue weighted by molar-refractivity contribution is -0.137. The van der Waals surface area contributed by atoms with E-state index in [1.807, 2.05) is 12.2 Å². The molecule has 1 unspecified atom stereocenters. The molecule has 0 aliphatic heterocycles. The molecule has 1 saturated carbocycles. The van der Waals surface area contributed by atoms with Gasteiger partial charge in [-0.15, -0.1) is 0 Å². The number of carboxylic acids is 1. The van der Waals surface area contributed by atoms with Crippen LogP contribution in [0.3, 0.4) is 0 Å². The highest BCUT2D eigenvalue weighted by atomic mass is 19.1. The van der Waals surface area contributed by atoms with Crippen molar-refractivity contribution in [2.24, 2.45) is 11.8 Å². The Kier molecular flexibility index (Phi) is 10.3. The van der Waals surface area contributed by atoms with Crippen molar-refractivity contribution in [3.63, 3.8) is 0 Å². The molecule has 0 heterocycles. The van der Waals surface area contributed by atoms with E-state index in [4.69, 9.17) is 5.11 Å². The Bertz CT molecular complexity index is 472. The third-order valence-electron chi connectivity index (χ3n) is 4.68. The second kappa shape index (κ2) is 12.0. The molecular formula is C20H31FO4. The first kappa shape index (κ1) is 21.6. The molecule has 0 spiro atoms. The minimum Gasteiger partial charge on any atom is -0.481 e. The Balaban J connectivity index is 2.48. The standard InChI is InChI=1S/C20H31FO4/c1-2-3-6-9-15(21)12-13-17-16(18(22)14-19(17)23)10-7-4-5-8-11-20(24)25/h4,7,12-13,15-17,19,23H,2-3,5-6,8-11,14H2,1H3,(H,24,25)/b7-4-,13-12+/t15?,16-,17-,19-/m1/s1. The Morgan fingerprint density at radius 2 is 2.08 bits per heavy atom. The van der Waals surface area contributed by atoms with Crippen molar-refractivity contribution in [1.29, 1.82) is 0 Å². The number of carboxylic acid groups (broad SMARTS) is 1. The van der Waals surface area contributed by atoms with Gasteiger partial charge in [0.15, 0.2) is 0 Å². The second-order valence-electron chi connectivity index (χ2n) is 6.81. The minimum absolute atomic E-state index is 0.0127. The van der Waals surface area contributed by atoms with E-state index in [1.54, 1.807) is 6.08 Å². The number of aliphatic carboxylic acids is 1. The summed E-state index contributed by atoms with van der Waals surface area (Å²) in [5.41, 5.74) is 0. The summed E-state index contributed by atoms with van der Waals surface area (Å²) in [6.45, 7) is 2.07. The van der Waals surface area contributed by atoms with Gasteiger partial charge in [-0.05, 0) is 25.7 Å². The van der Waals surface area contributed by atoms with E-state index in [-0.39, 0.29) is 30.5 Å². The van der Waals surface area contributed by atoms with Crippen LogP contribution in [-0.2, 0) is 9.59 Å². The molecular weight excluding hydrogens is 323 g/mol. The lowest BCUT2D eigenvalue weighted by Gasteiger charge is -2.16. The Morgan fingerprint density at radius 1 is 1.32 bits per heavy atom. The first-order chi connectivity index (χ1) is 12.0. The molecule has 1 aliphatic rings. The molecule has 1 fully saturated rings. The number of allylic oxidation sites excluding steroid dienone is 3. The van der Waals surface area contributed by atoms with Crippen molar-refractivity contribution in [3.05, 3.63) is 24.3 Å². The number of ketones is 1. The Labute approximate surface area is 149 Å². The summed E-state index contributed by atoms with van der Waals surface area (Å²) in [6.07, 6.45) is 10.5. The highest BCUT2D eigenvalue weighted by molar-refractivity contribution is 5.84. The van der Waals surface area contributed by atoms with E-state index in [0.717, 1.165) is 19.3 Å². The third kappa shape index (κ3) is 8.43. The number of aliphatic hydroxyl groups excluding tert-OH is 1. The van der Waals surface area contributed by atoms with Crippen molar-refractivity contribution in [1.82, 2.24) is 0 Å². The van der Waals surface area contributed by atoms with Crippen molar-refractivity contribution in [2.45, 2.75) is 77.0 Å². The molecule has 142 valence electrons. The average Bonchev–Trinajstić information content (AvgIpc) is 2.82. The first-order valence-electron chi connectivity index (χ1n) is 9.35. The SMILES string of the molecule is CCCCCC(F)/C=C/[C@H]1[C@H](O)CC(=O)[C@@H]1C/C=C\CCCC(=O)O. The summed E-state index contributed by atoms with van der Waals surface area (Å²) >= 11 is 0. The molecule has 2 N–H and O–H groups in total. The number of Topliss-reactive ketones (excluding diaryl/α,β-unsaturated/α-hetero) is 1. The van der Waals surface area contributed by atoms with Crippen LogP contribution in [0.2, 0.25) is 0 Å². The Hall–Kier alpha value is -1.49. The van der Waals surface area contributed by atoms with Crippen LogP contribution in [0.15, 0.2) is 24.3 Å². The van der Waals surface area contributed by atoms with Gasteiger partial charge in [0, 0.05) is 24.7 Å². The Morgan fingerprint density at radius 3 is 2.76 bits per heavy atom. The number of carbonyl (C=O) groups is 2. The molecule has 0 aromatic rings. The molecule has 0 amide bonds. The summed E-state index contributed by atoms with van der Waals surface area (Å²) in [6, 6.07) is 0. The van der Waals surface area contributed by atoms with Crippen molar-refractivity contribution < 1.29 is 24.2 Å². The van der Waals surface area contributed by atoms with Gasteiger partial charge in [-0.1, -0.05) is 50.5 Å². The third-order valence-corrected chi connectivity index (χ3v) is 4.68. The van der Waals surface area contributed by atoms with E-state index in [9.17, 15) is 19.1 Å². The minimum atomic E-state index is -1.03. The molecule has 1 aliphatic carbocycles. The van der Waals surface area contributed by atoms with Crippen LogP contribution >= 0.6 is 0 Å². The van der Waals surface area contributed by atoms with Gasteiger partial charge in [0.05, 0.1) is 6.10 Å². The molecule has 25 heavy (non-hydrogen) atoms. The fraction of sp³-hybridized carbons (Fsp3) is 0.700. The molecule has 4 atom stereocenters. The predicted octanol–water partition coefficient (Wildman–Crippen LogP) is 4.23. The lowest BCUT2D eigenvalue weighted by atomic mass is 9.90. The largest absolute Gasteiger partial charge is 0.481 e. The van der Waals surface area contributed by atoms with E-state index >= 15 is 0 Å². The van der Waals surface area contributed by atoms with Crippen molar-refractivity contribution in [3.8, 4) is 0 Å². The van der Waals surface area contributed by atoms with Gasteiger partial charge in [0.25, 0.3) is 0 Å². The van der Waals surface area contributed by atoms with Gasteiger partial charge in [0.1, 0.15) is 12.0 Å². The van der Waals surface area contributed by atoms with E-state index in [2.05, 4.69) is 6.92 Å². The number of hydrogen-bond acceptors (Lipinski definition) is 3. The van der Waals surface area contributed by atoms with Crippen LogP contribution in [-0.4, -0.2) is 34.2 Å². The fourth-order valence-electron chi connectivity index (χ4n) is 3.19. The lowest BCUT2D eigenvalue weighted by Crippen LogP contribution is -2.18. The van der Waals surface area contributed by atoms with Crippen molar-refractivity contribution in [2.75, 3.05) is 0 Å². The van der Waals surface area contributed by atoms with Gasteiger partial charge in [0.2, 0.25) is 0 Å². The highest BCUT2D eigenvalue weighted by Crippen LogP contribution is 2.33. The van der Waals surface area contributed by atoms with Crippen LogP contribution < -0.4 is 0 Å². The zero-order valence-corrected chi connectivity index (χ0v) is 15.1. The zero-order valence-electron chi connectivity index (χ0n) is 15.1. The molecule has 4 nitrogen and oxygen atoms in total. The average molecular weight is 354 g/mol. The first-order valence-corrected chi connectivity index (χ1v) is 9.35. The molecule has 0 aromatic carbocycles. The summed E-state index contributed by atoms with van der Waals surface area (Å²) in [4.78, 5) is 22.5. The molecule has 0 radical (unpaired) electrons. The van der Waals surface area contributed by atoms with Gasteiger partial charge in [-0.25, -0.2) is 4.39 Å². The maximum atomic E-state index is 13.9. The number of rotatable bonds is 12. The number of halogens is 1. The summed E-state index contributed by atoms with van der Waals surface area (Å²) in [5, 5.41) is 18.7. The molecule has 0 bridgehead atoms. The van der Waals surface area contributed by atoms with Crippen molar-refractivity contribution >= 4 is 11.8 Å². The predicted molar refractivity (Wildman–Crippen MR) is 96.0 cm³/mol. The van der Waals surface area contributed by atoms with Crippen LogP contribution in [0, 0.1) is 11.8 Å². The number of aliphatic hydroxyl groups is 1. The number of alkyl halides is 1.